The van der Waals surface area contributed by atoms with Crippen molar-refractivity contribution in [2.45, 2.75) is 13.3 Å². The summed E-state index contributed by atoms with van der Waals surface area (Å²) < 4.78 is 0. The summed E-state index contributed by atoms with van der Waals surface area (Å²) in [7, 11) is 0. The van der Waals surface area contributed by atoms with Crippen LogP contribution in [0.4, 0.5) is 10.5 Å². The van der Waals surface area contributed by atoms with E-state index in [1.54, 1.807) is 24.3 Å². The van der Waals surface area contributed by atoms with Gasteiger partial charge >= 0.3 is 6.03 Å². The van der Waals surface area contributed by atoms with E-state index in [9.17, 15) is 19.5 Å². The number of amides is 4. The monoisotopic (exact) mass is 370 g/mol. The Balaban J connectivity index is 2.09. The molecule has 0 atom stereocenters. The maximum Gasteiger partial charge on any atom is 0.335 e. The number of carbonyl (C=O) groups is 3. The van der Waals surface area contributed by atoms with Crippen LogP contribution in [0.3, 0.4) is 0 Å². The molecular formula is C19H15ClN2O4. The second-order valence-corrected chi connectivity index (χ2v) is 6.08. The van der Waals surface area contributed by atoms with Gasteiger partial charge in [0.25, 0.3) is 11.8 Å². The van der Waals surface area contributed by atoms with Gasteiger partial charge in [0.1, 0.15) is 11.3 Å². The summed E-state index contributed by atoms with van der Waals surface area (Å²) in [4.78, 5) is 38.3. The number of barbiturate groups is 1. The SMILES string of the molecule is CCc1ccccc1N1C(=O)NC(=O)/C(=C/c2cc(Cl)ccc2O)C1=O. The number of halogens is 1. The Morgan fingerprint density at radius 1 is 1.15 bits per heavy atom. The molecule has 0 aromatic heterocycles. The molecule has 2 aromatic carbocycles. The van der Waals surface area contributed by atoms with Crippen molar-refractivity contribution in [2.24, 2.45) is 0 Å². The van der Waals surface area contributed by atoms with E-state index in [1.165, 1.54) is 24.3 Å². The Morgan fingerprint density at radius 3 is 2.62 bits per heavy atom. The van der Waals surface area contributed by atoms with Crippen LogP contribution >= 0.6 is 11.6 Å². The van der Waals surface area contributed by atoms with Crippen LogP contribution in [-0.4, -0.2) is 23.0 Å². The minimum absolute atomic E-state index is 0.139. The fraction of sp³-hybridized carbons (Fsp3) is 0.105. The molecule has 0 saturated carbocycles. The predicted octanol–water partition coefficient (Wildman–Crippen LogP) is 3.27. The Labute approximate surface area is 154 Å². The molecule has 0 bridgehead atoms. The number of nitrogens with one attached hydrogen (secondary N) is 1. The Bertz CT molecular complexity index is 952. The third-order valence-electron chi connectivity index (χ3n) is 4.00. The lowest BCUT2D eigenvalue weighted by Crippen LogP contribution is -2.54. The summed E-state index contributed by atoms with van der Waals surface area (Å²) in [5.41, 5.74) is 1.13. The molecule has 7 heteroatoms. The number of phenolic OH excluding ortho intramolecular Hbond substituents is 1. The average molecular weight is 371 g/mol. The van der Waals surface area contributed by atoms with Crippen molar-refractivity contribution < 1.29 is 19.5 Å². The van der Waals surface area contributed by atoms with Crippen LogP contribution in [0.25, 0.3) is 6.08 Å². The van der Waals surface area contributed by atoms with E-state index in [0.29, 0.717) is 17.1 Å². The normalized spacial score (nSPS) is 16.2. The van der Waals surface area contributed by atoms with Crippen LogP contribution in [0, 0.1) is 0 Å². The number of aromatic hydroxyl groups is 1. The number of aryl methyl sites for hydroxylation is 1. The second-order valence-electron chi connectivity index (χ2n) is 5.64. The molecule has 4 amide bonds. The molecule has 0 aliphatic carbocycles. The first-order valence-corrected chi connectivity index (χ1v) is 8.28. The van der Waals surface area contributed by atoms with Gasteiger partial charge in [-0.05, 0) is 42.3 Å². The molecule has 1 aliphatic rings. The maximum absolute atomic E-state index is 12.9. The van der Waals surface area contributed by atoms with E-state index in [-0.39, 0.29) is 16.9 Å². The quantitative estimate of drug-likeness (QED) is 0.641. The van der Waals surface area contributed by atoms with E-state index >= 15 is 0 Å². The van der Waals surface area contributed by atoms with Gasteiger partial charge in [-0.25, -0.2) is 9.69 Å². The molecule has 1 fully saturated rings. The van der Waals surface area contributed by atoms with Gasteiger partial charge in [0.2, 0.25) is 0 Å². The van der Waals surface area contributed by atoms with Crippen LogP contribution in [0.5, 0.6) is 5.75 Å². The van der Waals surface area contributed by atoms with Crippen molar-refractivity contribution in [2.75, 3.05) is 4.90 Å². The number of nitrogens with zero attached hydrogens (tertiary/aromatic N) is 1. The Kier molecular flexibility index (Phi) is 4.77. The topological polar surface area (TPSA) is 86.7 Å². The van der Waals surface area contributed by atoms with Crippen molar-refractivity contribution in [3.05, 3.63) is 64.2 Å². The number of urea groups is 1. The van der Waals surface area contributed by atoms with Crippen molar-refractivity contribution in [1.29, 1.82) is 0 Å². The number of rotatable bonds is 3. The highest BCUT2D eigenvalue weighted by Crippen LogP contribution is 2.28. The van der Waals surface area contributed by atoms with Crippen molar-refractivity contribution in [1.82, 2.24) is 5.32 Å². The third kappa shape index (κ3) is 3.19. The molecule has 1 saturated heterocycles. The molecular weight excluding hydrogens is 356 g/mol. The standard InChI is InChI=1S/C19H15ClN2O4/c1-2-11-5-3-4-6-15(11)22-18(25)14(17(24)21-19(22)26)10-12-9-13(20)7-8-16(12)23/h3-10,23H,2H2,1H3,(H,21,24,26)/b14-10-. The van der Waals surface area contributed by atoms with Crippen LogP contribution in [0.2, 0.25) is 5.02 Å². The highest BCUT2D eigenvalue weighted by Gasteiger charge is 2.37. The third-order valence-corrected chi connectivity index (χ3v) is 4.24. The first-order chi connectivity index (χ1) is 12.4. The lowest BCUT2D eigenvalue weighted by atomic mass is 10.0. The lowest BCUT2D eigenvalue weighted by molar-refractivity contribution is -0.122. The van der Waals surface area contributed by atoms with Crippen LogP contribution < -0.4 is 10.2 Å². The number of benzene rings is 2. The average Bonchev–Trinajstić information content (AvgIpc) is 2.61. The van der Waals surface area contributed by atoms with E-state index in [2.05, 4.69) is 5.32 Å². The van der Waals surface area contributed by atoms with E-state index in [1.807, 2.05) is 6.92 Å². The first kappa shape index (κ1) is 17.7. The van der Waals surface area contributed by atoms with Gasteiger partial charge < -0.3 is 5.11 Å². The number of carbonyl (C=O) groups excluding carboxylic acids is 3. The molecule has 26 heavy (non-hydrogen) atoms. The minimum Gasteiger partial charge on any atom is -0.507 e. The van der Waals surface area contributed by atoms with Crippen molar-refractivity contribution in [3.63, 3.8) is 0 Å². The number of para-hydroxylation sites is 1. The summed E-state index contributed by atoms with van der Waals surface area (Å²) in [6.07, 6.45) is 1.82. The van der Waals surface area contributed by atoms with Crippen molar-refractivity contribution >= 4 is 41.2 Å². The molecule has 0 radical (unpaired) electrons. The fourth-order valence-corrected chi connectivity index (χ4v) is 2.88. The number of phenols is 1. The predicted molar refractivity (Wildman–Crippen MR) is 97.9 cm³/mol. The zero-order valence-corrected chi connectivity index (χ0v) is 14.6. The van der Waals surface area contributed by atoms with E-state index in [4.69, 9.17) is 11.6 Å². The van der Waals surface area contributed by atoms with Gasteiger partial charge in [-0.15, -0.1) is 0 Å². The zero-order valence-electron chi connectivity index (χ0n) is 13.8. The summed E-state index contributed by atoms with van der Waals surface area (Å²) in [6, 6.07) is 10.4. The molecule has 0 unspecified atom stereocenters. The summed E-state index contributed by atoms with van der Waals surface area (Å²) in [5, 5.41) is 12.4. The molecule has 2 aromatic rings. The largest absolute Gasteiger partial charge is 0.507 e. The van der Waals surface area contributed by atoms with Gasteiger partial charge in [0.05, 0.1) is 5.69 Å². The number of anilines is 1. The van der Waals surface area contributed by atoms with E-state index in [0.717, 1.165) is 10.5 Å². The molecule has 0 spiro atoms. The zero-order chi connectivity index (χ0) is 18.8. The highest BCUT2D eigenvalue weighted by atomic mass is 35.5. The summed E-state index contributed by atoms with van der Waals surface area (Å²) in [5.74, 6) is -1.73. The number of hydrogen-bond acceptors (Lipinski definition) is 4. The van der Waals surface area contributed by atoms with Gasteiger partial charge in [-0.3, -0.25) is 14.9 Å². The molecule has 6 nitrogen and oxygen atoms in total. The molecule has 1 heterocycles. The Morgan fingerprint density at radius 2 is 1.88 bits per heavy atom. The fourth-order valence-electron chi connectivity index (χ4n) is 2.70. The highest BCUT2D eigenvalue weighted by molar-refractivity contribution is 6.39. The van der Waals surface area contributed by atoms with Crippen LogP contribution in [0.1, 0.15) is 18.1 Å². The van der Waals surface area contributed by atoms with Gasteiger partial charge in [-0.2, -0.15) is 0 Å². The first-order valence-electron chi connectivity index (χ1n) is 7.90. The summed E-state index contributed by atoms with van der Waals surface area (Å²) >= 11 is 5.90. The smallest absolute Gasteiger partial charge is 0.335 e. The molecule has 2 N–H and O–H groups in total. The molecule has 3 rings (SSSR count). The van der Waals surface area contributed by atoms with Gasteiger partial charge in [0.15, 0.2) is 0 Å². The number of hydrogen-bond donors (Lipinski definition) is 2. The number of imide groups is 2. The summed E-state index contributed by atoms with van der Waals surface area (Å²) in [6.45, 7) is 1.90. The van der Waals surface area contributed by atoms with Crippen LogP contribution in [-0.2, 0) is 16.0 Å². The Hall–Kier alpha value is -3.12. The van der Waals surface area contributed by atoms with Gasteiger partial charge in [0, 0.05) is 10.6 Å². The lowest BCUT2D eigenvalue weighted by Gasteiger charge is -2.28. The maximum atomic E-state index is 12.9. The minimum atomic E-state index is -0.829. The van der Waals surface area contributed by atoms with E-state index < -0.39 is 17.8 Å². The molecule has 132 valence electrons. The van der Waals surface area contributed by atoms with Crippen LogP contribution in [0.15, 0.2) is 48.0 Å². The van der Waals surface area contributed by atoms with Crippen molar-refractivity contribution in [3.8, 4) is 5.75 Å². The molecule has 1 aliphatic heterocycles. The second kappa shape index (κ2) is 7.01. The van der Waals surface area contributed by atoms with Gasteiger partial charge in [-0.1, -0.05) is 36.7 Å².